The van der Waals surface area contributed by atoms with Crippen molar-refractivity contribution in [2.45, 2.75) is 18.6 Å². The van der Waals surface area contributed by atoms with Gasteiger partial charge in [0.2, 0.25) is 12.7 Å². The number of alkyl halides is 3. The third-order valence-corrected chi connectivity index (χ3v) is 6.64. The number of rotatable bonds is 7. The van der Waals surface area contributed by atoms with Crippen molar-refractivity contribution in [1.29, 1.82) is 0 Å². The van der Waals surface area contributed by atoms with E-state index in [0.717, 1.165) is 24.2 Å². The maximum absolute atomic E-state index is 13.5. The second kappa shape index (κ2) is 10.8. The quantitative estimate of drug-likeness (QED) is 0.236. The zero-order valence-electron chi connectivity index (χ0n) is 19.5. The number of halogens is 4. The lowest BCUT2D eigenvalue weighted by Gasteiger charge is -2.36. The van der Waals surface area contributed by atoms with Crippen LogP contribution in [-0.4, -0.2) is 58.0 Å². The van der Waals surface area contributed by atoms with Crippen LogP contribution in [0.25, 0.3) is 11.3 Å². The third kappa shape index (κ3) is 5.43. The van der Waals surface area contributed by atoms with Crippen LogP contribution >= 0.6 is 23.6 Å². The van der Waals surface area contributed by atoms with Gasteiger partial charge in [0.25, 0.3) is 0 Å². The number of fused-ring (bicyclic) bond motifs is 4. The number of aliphatic hydroxyl groups is 1. The van der Waals surface area contributed by atoms with Gasteiger partial charge in [-0.2, -0.15) is 13.2 Å². The van der Waals surface area contributed by atoms with E-state index in [1.807, 2.05) is 4.90 Å². The van der Waals surface area contributed by atoms with E-state index in [9.17, 15) is 18.0 Å². The number of aliphatic hydroxyl groups excluding tert-OH is 1. The van der Waals surface area contributed by atoms with Crippen LogP contribution < -0.4 is 19.9 Å². The smallest absolute Gasteiger partial charge is 0.416 e. The maximum Gasteiger partial charge on any atom is 0.416 e. The monoisotopic (exact) mass is 568 g/mol. The summed E-state index contributed by atoms with van der Waals surface area (Å²) in [5, 5.41) is 11.6. The van der Waals surface area contributed by atoms with Crippen LogP contribution in [0.1, 0.15) is 12.0 Å². The molecule has 5 rings (SSSR count). The Bertz CT molecular complexity index is 1350. The molecule has 0 radical (unpaired) electrons. The zero-order chi connectivity index (χ0) is 26.9. The van der Waals surface area contributed by atoms with Crippen molar-refractivity contribution in [2.24, 2.45) is 0 Å². The number of urea groups is 1. The molecule has 0 spiro atoms. The second-order valence-corrected chi connectivity index (χ2v) is 9.43. The van der Waals surface area contributed by atoms with Crippen LogP contribution in [-0.2, 0) is 10.4 Å². The second-order valence-electron chi connectivity index (χ2n) is 8.30. The first-order valence-electron chi connectivity index (χ1n) is 11.3. The van der Waals surface area contributed by atoms with Gasteiger partial charge < -0.3 is 14.7 Å². The molecule has 2 bridgehead atoms. The lowest BCUT2D eigenvalue weighted by Crippen LogP contribution is -2.48. The molecule has 1 unspecified atom stereocenters. The molecule has 2 amide bonds. The lowest BCUT2D eigenvalue weighted by atomic mass is 10.1. The summed E-state index contributed by atoms with van der Waals surface area (Å²) >= 11 is 7.29. The van der Waals surface area contributed by atoms with Gasteiger partial charge in [0.1, 0.15) is 18.1 Å². The number of carbonyl (C=O) groups is 1. The number of nitrogens with zero attached hydrogens (tertiary/aromatic N) is 5. The first kappa shape index (κ1) is 26.3. The Hall–Kier alpha value is -3.33. The predicted octanol–water partition coefficient (Wildman–Crippen LogP) is 4.79. The molecule has 1 atom stereocenters. The Labute approximate surface area is 223 Å². The number of aromatic nitrogens is 3. The fraction of sp³-hybridized carbons (Fsp3) is 0.304. The van der Waals surface area contributed by atoms with Crippen molar-refractivity contribution >= 4 is 47.0 Å². The number of ether oxygens (including phenoxy) is 1. The molecule has 4 heterocycles. The van der Waals surface area contributed by atoms with Gasteiger partial charge in [-0.25, -0.2) is 19.7 Å². The van der Waals surface area contributed by atoms with Crippen molar-refractivity contribution < 1.29 is 32.0 Å². The van der Waals surface area contributed by atoms with Crippen molar-refractivity contribution in [3.8, 4) is 17.1 Å². The number of anilines is 3. The summed E-state index contributed by atoms with van der Waals surface area (Å²) < 4.78 is 50.2. The molecule has 2 N–H and O–H groups in total. The summed E-state index contributed by atoms with van der Waals surface area (Å²) in [6.45, 7) is 1.04. The molecule has 15 heteroatoms. The first-order valence-corrected chi connectivity index (χ1v) is 12.6. The molecule has 0 saturated carbocycles. The van der Waals surface area contributed by atoms with Crippen molar-refractivity contribution in [2.75, 3.05) is 40.9 Å². The highest BCUT2D eigenvalue weighted by Gasteiger charge is 2.41. The Morgan fingerprint density at radius 3 is 2.89 bits per heavy atom. The summed E-state index contributed by atoms with van der Waals surface area (Å²) in [7, 11) is 0. The largest absolute Gasteiger partial charge is 0.449 e. The van der Waals surface area contributed by atoms with Gasteiger partial charge in [0.15, 0.2) is 5.82 Å². The number of pyridine rings is 1. The van der Waals surface area contributed by atoms with E-state index in [4.69, 9.17) is 25.6 Å². The minimum Gasteiger partial charge on any atom is -0.449 e. The van der Waals surface area contributed by atoms with Crippen LogP contribution in [0.5, 0.6) is 5.88 Å². The number of carbonyl (C=O) groups excluding carboxylic acids is 1. The molecule has 10 nitrogen and oxygen atoms in total. The lowest BCUT2D eigenvalue weighted by molar-refractivity contribution is -0.137. The summed E-state index contributed by atoms with van der Waals surface area (Å²) in [6, 6.07) is 7.01. The Morgan fingerprint density at radius 2 is 2.11 bits per heavy atom. The van der Waals surface area contributed by atoms with Crippen molar-refractivity contribution in [3.63, 3.8) is 0 Å². The van der Waals surface area contributed by atoms with Gasteiger partial charge in [-0.15, -0.1) is 0 Å². The van der Waals surface area contributed by atoms with Crippen LogP contribution in [0.3, 0.4) is 0 Å². The van der Waals surface area contributed by atoms with Gasteiger partial charge in [-0.1, -0.05) is 23.7 Å². The summed E-state index contributed by atoms with van der Waals surface area (Å²) in [5.41, 5.74) is 0.0985. The highest BCUT2D eigenvalue weighted by molar-refractivity contribution is 7.94. The Balaban J connectivity index is 1.44. The van der Waals surface area contributed by atoms with Gasteiger partial charge >= 0.3 is 12.2 Å². The molecule has 38 heavy (non-hydrogen) atoms. The molecular formula is C23H20ClF3N6O4S. The summed E-state index contributed by atoms with van der Waals surface area (Å²) in [5.74, 6) is 0.340. The Morgan fingerprint density at radius 1 is 1.26 bits per heavy atom. The van der Waals surface area contributed by atoms with Gasteiger partial charge in [-0.3, -0.25) is 14.4 Å². The third-order valence-electron chi connectivity index (χ3n) is 5.98. The Kier molecular flexibility index (Phi) is 7.47. The van der Waals surface area contributed by atoms with E-state index in [2.05, 4.69) is 20.3 Å². The highest BCUT2D eigenvalue weighted by atomic mass is 35.5. The van der Waals surface area contributed by atoms with E-state index in [0.29, 0.717) is 25.2 Å². The van der Waals surface area contributed by atoms with Gasteiger partial charge in [0.05, 0.1) is 28.0 Å². The standard InChI is InChI=1S/C23H20ClF3N6O4S/c24-16-7-17-21(31-20(16)13-2-1-3-14(6-13)23(25,26)27)33(15-4-5-32(17)9-15)22(35)30-18-8-19(29-10-28-18)36-12-37-38-11-34/h1-3,6-8,10,15,34H,4-5,9,11-12H2,(H,28,29,30,35). The fourth-order valence-corrected chi connectivity index (χ4v) is 4.79. The molecule has 0 aliphatic carbocycles. The first-order chi connectivity index (χ1) is 18.2. The molecule has 2 aromatic heterocycles. The summed E-state index contributed by atoms with van der Waals surface area (Å²) in [6.07, 6.45) is -2.66. The van der Waals surface area contributed by atoms with E-state index < -0.39 is 17.8 Å². The molecule has 1 aromatic carbocycles. The number of nitrogens with one attached hydrogen (secondary N) is 1. The SMILES string of the molecule is O=C(Nc1cc(OCOSCO)ncn1)N1c2nc(-c3cccc(C(F)(F)F)c3)c(Cl)cc2N2CCC1C2. The number of benzene rings is 1. The number of hydrogen-bond donors (Lipinski definition) is 2. The average Bonchev–Trinajstić information content (AvgIpc) is 3.31. The fourth-order valence-electron chi connectivity index (χ4n) is 4.34. The van der Waals surface area contributed by atoms with E-state index in [1.54, 1.807) is 6.07 Å². The average molecular weight is 569 g/mol. The molecule has 3 aromatic rings. The topological polar surface area (TPSA) is 113 Å². The van der Waals surface area contributed by atoms with Crippen LogP contribution in [0.4, 0.5) is 35.3 Å². The number of hydrogen-bond acceptors (Lipinski definition) is 9. The van der Waals surface area contributed by atoms with E-state index >= 15 is 0 Å². The van der Waals surface area contributed by atoms with Gasteiger partial charge in [-0.05, 0) is 24.6 Å². The molecule has 1 saturated heterocycles. The number of amides is 2. The molecular weight excluding hydrogens is 549 g/mol. The van der Waals surface area contributed by atoms with Crippen molar-refractivity contribution in [3.05, 3.63) is 53.3 Å². The maximum atomic E-state index is 13.5. The molecule has 2 aliphatic rings. The normalized spacial score (nSPS) is 16.4. The van der Waals surface area contributed by atoms with Crippen LogP contribution in [0.15, 0.2) is 42.7 Å². The predicted molar refractivity (Wildman–Crippen MR) is 135 cm³/mol. The van der Waals surface area contributed by atoms with Crippen LogP contribution in [0.2, 0.25) is 5.02 Å². The summed E-state index contributed by atoms with van der Waals surface area (Å²) in [4.78, 5) is 29.6. The van der Waals surface area contributed by atoms with Gasteiger partial charge in [0, 0.05) is 36.8 Å². The van der Waals surface area contributed by atoms with E-state index in [1.165, 1.54) is 29.4 Å². The minimum absolute atomic E-state index is 0.135. The minimum atomic E-state index is -4.53. The molecule has 200 valence electrons. The van der Waals surface area contributed by atoms with E-state index in [-0.39, 0.29) is 52.6 Å². The molecule has 2 aliphatic heterocycles. The highest BCUT2D eigenvalue weighted by Crippen LogP contribution is 2.43. The van der Waals surface area contributed by atoms with Crippen LogP contribution in [0, 0.1) is 0 Å². The molecule has 1 fully saturated rings. The zero-order valence-corrected chi connectivity index (χ0v) is 21.1. The van der Waals surface area contributed by atoms with Crippen molar-refractivity contribution in [1.82, 2.24) is 15.0 Å².